The zero-order chi connectivity index (χ0) is 18.1. The molecule has 132 valence electrons. The van der Waals surface area contributed by atoms with Crippen molar-refractivity contribution in [2.45, 2.75) is 16.8 Å². The largest absolute Gasteiger partial charge is 0.465 e. The Balaban J connectivity index is 1.80. The molecule has 3 aromatic rings. The summed E-state index contributed by atoms with van der Waals surface area (Å²) >= 11 is 13.4. The lowest BCUT2D eigenvalue weighted by Crippen LogP contribution is -2.11. The Bertz CT molecular complexity index is 942. The molecule has 0 aliphatic carbocycles. The molecule has 2 heterocycles. The summed E-state index contributed by atoms with van der Waals surface area (Å²) in [5.74, 6) is 0.451. The molecule has 0 radical (unpaired) electrons. The van der Waals surface area contributed by atoms with Gasteiger partial charge in [-0.3, -0.25) is 9.36 Å². The topological polar surface area (TPSA) is 57.0 Å². The number of aromatic nitrogens is 3. The normalized spacial score (nSPS) is 16.7. The van der Waals surface area contributed by atoms with E-state index in [-0.39, 0.29) is 11.2 Å². The van der Waals surface area contributed by atoms with Crippen LogP contribution in [0.3, 0.4) is 0 Å². The number of cyclic esters (lactones) is 1. The molecule has 0 amide bonds. The van der Waals surface area contributed by atoms with Crippen LogP contribution in [0.15, 0.2) is 53.7 Å². The summed E-state index contributed by atoms with van der Waals surface area (Å²) < 4.78 is 6.97. The maximum Gasteiger partial charge on any atom is 0.319 e. The van der Waals surface area contributed by atoms with Gasteiger partial charge in [-0.1, -0.05) is 35.0 Å². The van der Waals surface area contributed by atoms with Gasteiger partial charge in [0.25, 0.3) is 0 Å². The molecule has 0 spiro atoms. The average molecular weight is 406 g/mol. The van der Waals surface area contributed by atoms with Crippen molar-refractivity contribution in [3.8, 4) is 17.1 Å². The number of hydrogen-bond acceptors (Lipinski definition) is 5. The molecular weight excluding hydrogens is 393 g/mol. The van der Waals surface area contributed by atoms with Crippen molar-refractivity contribution in [3.63, 3.8) is 0 Å². The second kappa shape index (κ2) is 7.31. The molecular formula is C18H13Cl2N3O2S. The lowest BCUT2D eigenvalue weighted by molar-refractivity contribution is -0.137. The third-order valence-corrected chi connectivity index (χ3v) is 5.65. The second-order valence-corrected chi connectivity index (χ2v) is 7.73. The Kier molecular flexibility index (Phi) is 4.89. The summed E-state index contributed by atoms with van der Waals surface area (Å²) in [6.45, 7) is 0.440. The second-order valence-electron chi connectivity index (χ2n) is 5.69. The molecule has 8 heteroatoms. The molecule has 26 heavy (non-hydrogen) atoms. The summed E-state index contributed by atoms with van der Waals surface area (Å²) in [6, 6.07) is 14.8. The lowest BCUT2D eigenvalue weighted by Gasteiger charge is -2.12. The highest BCUT2D eigenvalue weighted by atomic mass is 35.5. The number of esters is 1. The van der Waals surface area contributed by atoms with E-state index in [4.69, 9.17) is 27.9 Å². The van der Waals surface area contributed by atoms with E-state index in [0.717, 1.165) is 11.3 Å². The van der Waals surface area contributed by atoms with Crippen molar-refractivity contribution >= 4 is 40.9 Å². The molecule has 5 nitrogen and oxygen atoms in total. The maximum absolute atomic E-state index is 11.9. The minimum atomic E-state index is -0.275. The summed E-state index contributed by atoms with van der Waals surface area (Å²) in [5, 5.41) is 10.3. The quantitative estimate of drug-likeness (QED) is 0.591. The first kappa shape index (κ1) is 17.4. The van der Waals surface area contributed by atoms with E-state index in [1.807, 2.05) is 28.8 Å². The van der Waals surface area contributed by atoms with Crippen LogP contribution in [0.25, 0.3) is 17.1 Å². The predicted molar refractivity (Wildman–Crippen MR) is 102 cm³/mol. The number of ether oxygens (including phenoxy) is 1. The average Bonchev–Trinajstić information content (AvgIpc) is 3.24. The van der Waals surface area contributed by atoms with Gasteiger partial charge in [0.15, 0.2) is 11.0 Å². The fourth-order valence-electron chi connectivity index (χ4n) is 2.67. The number of carbonyl (C=O) groups excluding carboxylic acids is 1. The van der Waals surface area contributed by atoms with Crippen LogP contribution in [0.4, 0.5) is 0 Å². The molecule has 0 bridgehead atoms. The van der Waals surface area contributed by atoms with Crippen LogP contribution in [0.5, 0.6) is 0 Å². The van der Waals surface area contributed by atoms with Gasteiger partial charge in [-0.2, -0.15) is 0 Å². The van der Waals surface area contributed by atoms with Crippen LogP contribution in [0.2, 0.25) is 10.0 Å². The zero-order valence-corrected chi connectivity index (χ0v) is 15.8. The van der Waals surface area contributed by atoms with E-state index < -0.39 is 0 Å². The highest BCUT2D eigenvalue weighted by Crippen LogP contribution is 2.33. The molecule has 1 aliphatic rings. The third kappa shape index (κ3) is 3.45. The van der Waals surface area contributed by atoms with Crippen molar-refractivity contribution in [2.24, 2.45) is 0 Å². The Hall–Kier alpha value is -2.02. The summed E-state index contributed by atoms with van der Waals surface area (Å²) in [5.41, 5.74) is 1.73. The van der Waals surface area contributed by atoms with Crippen LogP contribution in [0.1, 0.15) is 6.42 Å². The highest BCUT2D eigenvalue weighted by molar-refractivity contribution is 8.00. The van der Waals surface area contributed by atoms with Crippen molar-refractivity contribution in [3.05, 3.63) is 58.6 Å². The van der Waals surface area contributed by atoms with Crippen LogP contribution >= 0.6 is 35.0 Å². The number of carbonyl (C=O) groups is 1. The number of rotatable bonds is 4. The van der Waals surface area contributed by atoms with Crippen molar-refractivity contribution in [1.29, 1.82) is 0 Å². The Morgan fingerprint density at radius 1 is 1.00 bits per heavy atom. The first-order chi connectivity index (χ1) is 12.6. The van der Waals surface area contributed by atoms with Gasteiger partial charge in [0, 0.05) is 27.7 Å². The summed E-state index contributed by atoms with van der Waals surface area (Å²) in [6.07, 6.45) is 0.660. The fraction of sp³-hybridized carbons (Fsp3) is 0.167. The standard InChI is InChI=1S/C18H13Cl2N3O2S/c19-12-3-1-11(2-4-12)16-21-22-18(26-15-9-10-25-17(15)24)23(16)14-7-5-13(20)6-8-14/h1-8,15H,9-10H2/t15-/m1/s1. The number of nitrogens with zero attached hydrogens (tertiary/aromatic N) is 3. The Morgan fingerprint density at radius 2 is 1.65 bits per heavy atom. The van der Waals surface area contributed by atoms with E-state index in [1.54, 1.807) is 24.3 Å². The monoisotopic (exact) mass is 405 g/mol. The highest BCUT2D eigenvalue weighted by Gasteiger charge is 2.30. The lowest BCUT2D eigenvalue weighted by atomic mass is 10.2. The molecule has 1 saturated heterocycles. The van der Waals surface area contributed by atoms with Gasteiger partial charge < -0.3 is 4.74 Å². The number of benzene rings is 2. The molecule has 0 N–H and O–H groups in total. The van der Waals surface area contributed by atoms with E-state index in [0.29, 0.717) is 34.1 Å². The van der Waals surface area contributed by atoms with Crippen molar-refractivity contribution < 1.29 is 9.53 Å². The van der Waals surface area contributed by atoms with E-state index in [1.165, 1.54) is 11.8 Å². The van der Waals surface area contributed by atoms with Gasteiger partial charge in [0.1, 0.15) is 5.25 Å². The van der Waals surface area contributed by atoms with Crippen molar-refractivity contribution in [2.75, 3.05) is 6.61 Å². The van der Waals surface area contributed by atoms with Crippen LogP contribution < -0.4 is 0 Å². The molecule has 1 aromatic heterocycles. The van der Waals surface area contributed by atoms with Gasteiger partial charge in [0.05, 0.1) is 6.61 Å². The van der Waals surface area contributed by atoms with Crippen LogP contribution in [-0.2, 0) is 9.53 Å². The summed E-state index contributed by atoms with van der Waals surface area (Å²) in [4.78, 5) is 11.9. The van der Waals surface area contributed by atoms with Crippen molar-refractivity contribution in [1.82, 2.24) is 14.8 Å². The predicted octanol–water partition coefficient (Wildman–Crippen LogP) is 4.65. The van der Waals surface area contributed by atoms with Gasteiger partial charge >= 0.3 is 5.97 Å². The fourth-order valence-corrected chi connectivity index (χ4v) is 3.94. The minimum absolute atomic E-state index is 0.214. The van der Waals surface area contributed by atoms with E-state index >= 15 is 0 Å². The van der Waals surface area contributed by atoms with E-state index in [2.05, 4.69) is 10.2 Å². The number of halogens is 2. The van der Waals surface area contributed by atoms with E-state index in [9.17, 15) is 4.79 Å². The Morgan fingerprint density at radius 3 is 2.27 bits per heavy atom. The minimum Gasteiger partial charge on any atom is -0.465 e. The number of hydrogen-bond donors (Lipinski definition) is 0. The van der Waals surface area contributed by atoms with Gasteiger partial charge in [0.2, 0.25) is 0 Å². The van der Waals surface area contributed by atoms with Gasteiger partial charge in [-0.15, -0.1) is 10.2 Å². The molecule has 1 fully saturated rings. The SMILES string of the molecule is O=C1OCC[C@H]1Sc1nnc(-c2ccc(Cl)cc2)n1-c1ccc(Cl)cc1. The van der Waals surface area contributed by atoms with Gasteiger partial charge in [-0.05, 0) is 48.5 Å². The Labute approximate surface area is 164 Å². The number of thioether (sulfide) groups is 1. The molecule has 0 unspecified atom stereocenters. The first-order valence-electron chi connectivity index (χ1n) is 7.92. The smallest absolute Gasteiger partial charge is 0.319 e. The molecule has 0 saturated carbocycles. The molecule has 2 aromatic carbocycles. The first-order valence-corrected chi connectivity index (χ1v) is 9.56. The molecule has 1 atom stereocenters. The maximum atomic E-state index is 11.9. The zero-order valence-electron chi connectivity index (χ0n) is 13.4. The third-order valence-electron chi connectivity index (χ3n) is 3.96. The summed E-state index contributed by atoms with van der Waals surface area (Å²) in [7, 11) is 0. The van der Waals surface area contributed by atoms with Crippen LogP contribution in [0, 0.1) is 0 Å². The van der Waals surface area contributed by atoms with Gasteiger partial charge in [-0.25, -0.2) is 0 Å². The molecule has 4 rings (SSSR count). The van der Waals surface area contributed by atoms with Crippen LogP contribution in [-0.4, -0.2) is 32.6 Å². The molecule has 1 aliphatic heterocycles.